The predicted octanol–water partition coefficient (Wildman–Crippen LogP) is 4.98. The zero-order chi connectivity index (χ0) is 25.7. The molecule has 36 heavy (non-hydrogen) atoms. The third-order valence-corrected chi connectivity index (χ3v) is 10.5. The number of hydrogen-bond acceptors (Lipinski definition) is 5. The first-order valence-electron chi connectivity index (χ1n) is 12.2. The minimum absolute atomic E-state index is 0.0363. The van der Waals surface area contributed by atoms with Crippen LogP contribution in [0.1, 0.15) is 26.3 Å². The van der Waals surface area contributed by atoms with Crippen molar-refractivity contribution < 1.29 is 23.6 Å². The van der Waals surface area contributed by atoms with Crippen LogP contribution >= 0.6 is 7.14 Å². The number of cyclic esters (lactones) is 1. The highest BCUT2D eigenvalue weighted by Crippen LogP contribution is 2.55. The van der Waals surface area contributed by atoms with E-state index >= 15 is 4.57 Å². The Bertz CT molecular complexity index is 1170. The molecule has 6 nitrogen and oxygen atoms in total. The van der Waals surface area contributed by atoms with Gasteiger partial charge in [-0.05, 0) is 11.5 Å². The molecule has 0 N–H and O–H groups in total. The number of ether oxygens (including phenoxy) is 2. The van der Waals surface area contributed by atoms with E-state index in [0.717, 1.165) is 5.56 Å². The van der Waals surface area contributed by atoms with Crippen LogP contribution in [-0.4, -0.2) is 41.4 Å². The second kappa shape index (κ2) is 11.1. The molecule has 0 aromatic heterocycles. The summed E-state index contributed by atoms with van der Waals surface area (Å²) in [6.45, 7) is 5.60. The standard InChI is InChI=1S/C29H32NO5P/c1-21(2)28(36(33,24-15-9-5-10-16-24)25-17-11-6-12-18-25)27-26(20-34-22(3)31)30(29(32)35-27)19-23-13-7-4-8-14-23/h4-18,21,26-28H,19-20H2,1-3H3/t26-,27-,28?/m0/s1. The molecule has 0 radical (unpaired) electrons. The highest BCUT2D eigenvalue weighted by atomic mass is 31.2. The van der Waals surface area contributed by atoms with E-state index in [0.29, 0.717) is 17.2 Å². The molecule has 1 saturated heterocycles. The molecule has 7 heteroatoms. The van der Waals surface area contributed by atoms with Crippen molar-refractivity contribution in [2.24, 2.45) is 5.92 Å². The van der Waals surface area contributed by atoms with Crippen LogP contribution in [0.15, 0.2) is 91.0 Å². The van der Waals surface area contributed by atoms with Crippen LogP contribution in [0.5, 0.6) is 0 Å². The maximum absolute atomic E-state index is 15.3. The lowest BCUT2D eigenvalue weighted by Gasteiger charge is -2.37. The third-order valence-electron chi connectivity index (χ3n) is 6.62. The molecule has 0 bridgehead atoms. The van der Waals surface area contributed by atoms with Gasteiger partial charge in [0, 0.05) is 24.1 Å². The number of carbonyl (C=O) groups is 2. The van der Waals surface area contributed by atoms with Crippen molar-refractivity contribution in [2.75, 3.05) is 6.61 Å². The topological polar surface area (TPSA) is 72.9 Å². The summed E-state index contributed by atoms with van der Waals surface area (Å²) in [5, 5.41) is 1.41. The predicted molar refractivity (Wildman–Crippen MR) is 141 cm³/mol. The molecule has 4 rings (SSSR count). The van der Waals surface area contributed by atoms with Gasteiger partial charge in [0.1, 0.15) is 25.9 Å². The van der Waals surface area contributed by atoms with Crippen molar-refractivity contribution in [2.45, 2.75) is 45.1 Å². The number of hydrogen-bond donors (Lipinski definition) is 0. The Balaban J connectivity index is 1.82. The van der Waals surface area contributed by atoms with Gasteiger partial charge >= 0.3 is 12.1 Å². The Morgan fingerprint density at radius 3 is 1.89 bits per heavy atom. The lowest BCUT2D eigenvalue weighted by molar-refractivity contribution is -0.142. The summed E-state index contributed by atoms with van der Waals surface area (Å²) in [5.74, 6) is -0.547. The molecule has 1 unspecified atom stereocenters. The van der Waals surface area contributed by atoms with Gasteiger partial charge in [0.2, 0.25) is 0 Å². The number of nitrogens with zero attached hydrogens (tertiary/aromatic N) is 1. The maximum Gasteiger partial charge on any atom is 0.410 e. The van der Waals surface area contributed by atoms with E-state index in [2.05, 4.69) is 0 Å². The number of amides is 1. The molecule has 1 fully saturated rings. The molecule has 1 aliphatic rings. The Kier molecular flexibility index (Phi) is 7.95. The summed E-state index contributed by atoms with van der Waals surface area (Å²) < 4.78 is 26.7. The second-order valence-corrected chi connectivity index (χ2v) is 12.3. The average Bonchev–Trinajstić information content (AvgIpc) is 3.18. The summed E-state index contributed by atoms with van der Waals surface area (Å²) in [6, 6.07) is 27.8. The Morgan fingerprint density at radius 1 is 0.917 bits per heavy atom. The van der Waals surface area contributed by atoms with E-state index in [4.69, 9.17) is 9.47 Å². The van der Waals surface area contributed by atoms with Crippen molar-refractivity contribution in [1.82, 2.24) is 4.90 Å². The smallest absolute Gasteiger partial charge is 0.410 e. The van der Waals surface area contributed by atoms with E-state index in [1.165, 1.54) is 6.92 Å². The quantitative estimate of drug-likeness (QED) is 0.303. The fraction of sp³-hybridized carbons (Fsp3) is 0.310. The van der Waals surface area contributed by atoms with Gasteiger partial charge < -0.3 is 14.0 Å². The van der Waals surface area contributed by atoms with Gasteiger partial charge in [0.25, 0.3) is 0 Å². The van der Waals surface area contributed by atoms with Crippen molar-refractivity contribution in [3.8, 4) is 0 Å². The van der Waals surface area contributed by atoms with E-state index in [-0.39, 0.29) is 12.5 Å². The Hall–Kier alpha value is -3.37. The van der Waals surface area contributed by atoms with Gasteiger partial charge in [-0.25, -0.2) is 4.79 Å². The van der Waals surface area contributed by atoms with Crippen LogP contribution < -0.4 is 10.6 Å². The molecular formula is C29H32NO5P. The van der Waals surface area contributed by atoms with Gasteiger partial charge in [-0.1, -0.05) is 105 Å². The van der Waals surface area contributed by atoms with Gasteiger partial charge in [0.15, 0.2) is 0 Å². The molecule has 0 aliphatic carbocycles. The Morgan fingerprint density at radius 2 is 1.42 bits per heavy atom. The number of carbonyl (C=O) groups excluding carboxylic acids is 2. The van der Waals surface area contributed by atoms with Gasteiger partial charge in [-0.3, -0.25) is 9.69 Å². The zero-order valence-corrected chi connectivity index (χ0v) is 21.7. The number of rotatable bonds is 9. The molecular weight excluding hydrogens is 473 g/mol. The van der Waals surface area contributed by atoms with Crippen LogP contribution in [0.2, 0.25) is 0 Å². The van der Waals surface area contributed by atoms with E-state index in [1.807, 2.05) is 105 Å². The molecule has 0 saturated carbocycles. The molecule has 3 aromatic rings. The fourth-order valence-electron chi connectivity index (χ4n) is 5.02. The van der Waals surface area contributed by atoms with Gasteiger partial charge in [-0.2, -0.15) is 0 Å². The van der Waals surface area contributed by atoms with Crippen molar-refractivity contribution in [3.05, 3.63) is 96.6 Å². The monoisotopic (exact) mass is 505 g/mol. The average molecular weight is 506 g/mol. The first-order chi connectivity index (χ1) is 17.3. The van der Waals surface area contributed by atoms with Crippen molar-refractivity contribution in [3.63, 3.8) is 0 Å². The molecule has 1 amide bonds. The van der Waals surface area contributed by atoms with Crippen LogP contribution in [0.25, 0.3) is 0 Å². The summed E-state index contributed by atoms with van der Waals surface area (Å²) in [6.07, 6.45) is -1.24. The summed E-state index contributed by atoms with van der Waals surface area (Å²) in [7, 11) is -3.30. The minimum Gasteiger partial charge on any atom is -0.464 e. The van der Waals surface area contributed by atoms with E-state index in [9.17, 15) is 9.59 Å². The fourth-order valence-corrected chi connectivity index (χ4v) is 8.75. The number of benzene rings is 3. The SMILES string of the molecule is CC(=O)OC[C@H]1[C@@H](C(C(C)C)P(=O)(c2ccccc2)c2ccccc2)OC(=O)N1Cc1ccccc1. The summed E-state index contributed by atoms with van der Waals surface area (Å²) >= 11 is 0. The summed E-state index contributed by atoms with van der Waals surface area (Å²) in [4.78, 5) is 26.6. The lowest BCUT2D eigenvalue weighted by Crippen LogP contribution is -2.48. The van der Waals surface area contributed by atoms with Gasteiger partial charge in [0.05, 0.1) is 5.66 Å². The third kappa shape index (κ3) is 5.24. The molecule has 1 aliphatic heterocycles. The molecule has 3 aromatic carbocycles. The van der Waals surface area contributed by atoms with Crippen molar-refractivity contribution >= 4 is 29.8 Å². The zero-order valence-electron chi connectivity index (χ0n) is 20.8. The van der Waals surface area contributed by atoms with Crippen LogP contribution in [-0.2, 0) is 25.4 Å². The van der Waals surface area contributed by atoms with Gasteiger partial charge in [-0.15, -0.1) is 0 Å². The highest BCUT2D eigenvalue weighted by Gasteiger charge is 2.53. The molecule has 3 atom stereocenters. The first-order valence-corrected chi connectivity index (χ1v) is 14.0. The number of esters is 1. The molecule has 188 valence electrons. The molecule has 0 spiro atoms. The Labute approximate surface area is 212 Å². The first kappa shape index (κ1) is 25.7. The van der Waals surface area contributed by atoms with Crippen LogP contribution in [0, 0.1) is 5.92 Å². The lowest BCUT2D eigenvalue weighted by atomic mass is 9.99. The van der Waals surface area contributed by atoms with E-state index < -0.39 is 37.0 Å². The normalized spacial score (nSPS) is 18.7. The molecule has 1 heterocycles. The largest absolute Gasteiger partial charge is 0.464 e. The van der Waals surface area contributed by atoms with E-state index in [1.54, 1.807) is 4.90 Å². The van der Waals surface area contributed by atoms with Crippen LogP contribution in [0.4, 0.5) is 4.79 Å². The van der Waals surface area contributed by atoms with Crippen LogP contribution in [0.3, 0.4) is 0 Å². The highest BCUT2D eigenvalue weighted by molar-refractivity contribution is 7.79. The second-order valence-electron chi connectivity index (χ2n) is 9.40. The maximum atomic E-state index is 15.3. The minimum atomic E-state index is -3.30. The van der Waals surface area contributed by atoms with Crippen molar-refractivity contribution in [1.29, 1.82) is 0 Å². The summed E-state index contributed by atoms with van der Waals surface area (Å²) in [5.41, 5.74) is 0.394.